The third kappa shape index (κ3) is 7.18. The Bertz CT molecular complexity index is 1110. The molecule has 0 aromatic heterocycles. The molecule has 1 saturated heterocycles. The third-order valence-corrected chi connectivity index (χ3v) is 9.21. The van der Waals surface area contributed by atoms with Crippen molar-refractivity contribution in [1.82, 2.24) is 9.62 Å². The summed E-state index contributed by atoms with van der Waals surface area (Å²) in [6.07, 6.45) is 5.35. The van der Waals surface area contributed by atoms with Crippen LogP contribution in [0.25, 0.3) is 0 Å². The fourth-order valence-corrected chi connectivity index (χ4v) is 6.84. The van der Waals surface area contributed by atoms with Crippen LogP contribution in [0, 0.1) is 11.8 Å². The topological polar surface area (TPSA) is 90.9 Å². The highest BCUT2D eigenvalue weighted by Gasteiger charge is 2.45. The van der Waals surface area contributed by atoms with Crippen LogP contribution in [0.15, 0.2) is 42.5 Å². The molecule has 1 aromatic carbocycles. The van der Waals surface area contributed by atoms with Crippen LogP contribution in [0.4, 0.5) is 18.9 Å². The summed E-state index contributed by atoms with van der Waals surface area (Å²) in [6, 6.07) is 3.75. The molecule has 0 amide bonds. The Morgan fingerprint density at radius 1 is 1.21 bits per heavy atom. The number of nitrogens with zero attached hydrogens (tertiary/aromatic N) is 1. The van der Waals surface area contributed by atoms with E-state index in [0.29, 0.717) is 43.6 Å². The van der Waals surface area contributed by atoms with Gasteiger partial charge in [0.2, 0.25) is 10.0 Å². The Labute approximate surface area is 223 Å². The summed E-state index contributed by atoms with van der Waals surface area (Å²) in [6.45, 7) is 3.86. The first-order valence-electron chi connectivity index (χ1n) is 13.4. The van der Waals surface area contributed by atoms with E-state index < -0.39 is 34.0 Å². The molecule has 212 valence electrons. The molecular formula is C27H38F3N3O4S. The lowest BCUT2D eigenvalue weighted by Crippen LogP contribution is -2.48. The van der Waals surface area contributed by atoms with Crippen molar-refractivity contribution in [3.8, 4) is 0 Å². The van der Waals surface area contributed by atoms with Gasteiger partial charge in [0, 0.05) is 42.2 Å². The smallest absolute Gasteiger partial charge is 0.395 e. The summed E-state index contributed by atoms with van der Waals surface area (Å²) in [5, 5.41) is 12.6. The van der Waals surface area contributed by atoms with Crippen LogP contribution in [-0.4, -0.2) is 69.1 Å². The van der Waals surface area contributed by atoms with Crippen molar-refractivity contribution in [2.45, 2.75) is 57.0 Å². The molecule has 2 aliphatic heterocycles. The zero-order valence-electron chi connectivity index (χ0n) is 21.7. The predicted molar refractivity (Wildman–Crippen MR) is 141 cm³/mol. The van der Waals surface area contributed by atoms with Crippen LogP contribution in [-0.2, 0) is 20.9 Å². The number of ether oxygens (including phenoxy) is 1. The maximum absolute atomic E-state index is 13.5. The van der Waals surface area contributed by atoms with Crippen molar-refractivity contribution in [3.63, 3.8) is 0 Å². The lowest BCUT2D eigenvalue weighted by atomic mass is 9.73. The molecule has 1 aliphatic carbocycles. The van der Waals surface area contributed by atoms with Crippen molar-refractivity contribution >= 4 is 15.7 Å². The summed E-state index contributed by atoms with van der Waals surface area (Å²) in [7, 11) is -3.54. The zero-order chi connectivity index (χ0) is 27.3. The minimum atomic E-state index is -4.47. The summed E-state index contributed by atoms with van der Waals surface area (Å²) >= 11 is 0. The van der Waals surface area contributed by atoms with E-state index in [1.807, 2.05) is 24.0 Å². The highest BCUT2D eigenvalue weighted by atomic mass is 32.2. The largest absolute Gasteiger partial charge is 0.416 e. The molecule has 1 aromatic rings. The highest BCUT2D eigenvalue weighted by Crippen LogP contribution is 2.49. The van der Waals surface area contributed by atoms with Crippen LogP contribution >= 0.6 is 0 Å². The van der Waals surface area contributed by atoms with E-state index in [1.54, 1.807) is 0 Å². The first-order chi connectivity index (χ1) is 18.1. The SMILES string of the molecule is CCN(CCO)CCCS(=O)(=O)NC[C@H]1CC[C@@H]2[C@H](O1)c1cc(C(F)(F)F)ccc1N[C@H]2C1C=CC=CC1. The second-order valence-corrected chi connectivity index (χ2v) is 12.2. The summed E-state index contributed by atoms with van der Waals surface area (Å²) in [4.78, 5) is 1.98. The molecule has 4 rings (SSSR count). The Hall–Kier alpha value is -1.92. The third-order valence-electron chi connectivity index (χ3n) is 7.78. The fourth-order valence-electron chi connectivity index (χ4n) is 5.75. The summed E-state index contributed by atoms with van der Waals surface area (Å²) in [5.74, 6) is 0.112. The molecule has 7 nitrogen and oxygen atoms in total. The van der Waals surface area contributed by atoms with Gasteiger partial charge in [0.1, 0.15) is 0 Å². The Kier molecular flexibility index (Phi) is 9.57. The molecular weight excluding hydrogens is 519 g/mol. The zero-order valence-corrected chi connectivity index (χ0v) is 22.5. The van der Waals surface area contributed by atoms with E-state index in [1.165, 1.54) is 12.1 Å². The number of alkyl halides is 3. The van der Waals surface area contributed by atoms with E-state index in [-0.39, 0.29) is 36.8 Å². The fraction of sp³-hybridized carbons (Fsp3) is 0.630. The molecule has 38 heavy (non-hydrogen) atoms. The number of rotatable bonds is 11. The summed E-state index contributed by atoms with van der Waals surface area (Å²) in [5.41, 5.74) is 0.397. The quantitative estimate of drug-likeness (QED) is 0.380. The molecule has 3 N–H and O–H groups in total. The number of sulfonamides is 1. The standard InChI is InChI=1S/C27H38F3N3O4S/c1-2-33(14-15-34)13-6-16-38(35,36)31-18-21-10-11-22-25(19-7-4-3-5-8-19)32-24-12-9-20(27(28,29)30)17-23(24)26(22)37-21/h3-5,7,9,12,17,19,21-22,25-26,31-32,34H,2,6,8,10-11,13-16,18H2,1H3/t19?,21-,22+,25+,26+/m1/s1. The number of anilines is 1. The molecule has 11 heteroatoms. The number of likely N-dealkylation sites (N-methyl/N-ethyl adjacent to an activating group) is 1. The van der Waals surface area contributed by atoms with E-state index in [9.17, 15) is 21.6 Å². The van der Waals surface area contributed by atoms with Crippen molar-refractivity contribution in [2.24, 2.45) is 11.8 Å². The highest BCUT2D eigenvalue weighted by molar-refractivity contribution is 7.89. The van der Waals surface area contributed by atoms with Crippen LogP contribution in [0.5, 0.6) is 0 Å². The van der Waals surface area contributed by atoms with Gasteiger partial charge in [0.05, 0.1) is 30.1 Å². The first kappa shape index (κ1) is 29.1. The predicted octanol–water partition coefficient (Wildman–Crippen LogP) is 4.09. The van der Waals surface area contributed by atoms with Gasteiger partial charge in [-0.25, -0.2) is 13.1 Å². The lowest BCUT2D eigenvalue weighted by Gasteiger charge is -2.47. The Morgan fingerprint density at radius 3 is 2.71 bits per heavy atom. The molecule has 0 bridgehead atoms. The van der Waals surface area contributed by atoms with E-state index in [2.05, 4.69) is 22.2 Å². The molecule has 1 unspecified atom stereocenters. The normalized spacial score (nSPS) is 27.2. The average molecular weight is 558 g/mol. The number of halogens is 3. The molecule has 5 atom stereocenters. The maximum Gasteiger partial charge on any atom is 0.416 e. The number of benzene rings is 1. The van der Waals surface area contributed by atoms with Gasteiger partial charge in [-0.3, -0.25) is 0 Å². The molecule has 1 fully saturated rings. The van der Waals surface area contributed by atoms with Crippen LogP contribution in [0.1, 0.15) is 49.8 Å². The van der Waals surface area contributed by atoms with Crippen molar-refractivity contribution in [2.75, 3.05) is 43.9 Å². The molecule has 2 heterocycles. The molecule has 3 aliphatic rings. The van der Waals surface area contributed by atoms with Crippen LogP contribution in [0.2, 0.25) is 0 Å². The minimum absolute atomic E-state index is 0.00325. The van der Waals surface area contributed by atoms with Gasteiger partial charge in [0.15, 0.2) is 0 Å². The Balaban J connectivity index is 1.45. The summed E-state index contributed by atoms with van der Waals surface area (Å²) < 4.78 is 74.8. The van der Waals surface area contributed by atoms with Gasteiger partial charge in [-0.15, -0.1) is 0 Å². The van der Waals surface area contributed by atoms with Gasteiger partial charge in [0.25, 0.3) is 0 Å². The van der Waals surface area contributed by atoms with E-state index >= 15 is 0 Å². The molecule has 0 saturated carbocycles. The van der Waals surface area contributed by atoms with Crippen LogP contribution in [0.3, 0.4) is 0 Å². The van der Waals surface area contributed by atoms with Crippen molar-refractivity contribution in [1.29, 1.82) is 0 Å². The molecule has 0 spiro atoms. The van der Waals surface area contributed by atoms with Crippen molar-refractivity contribution in [3.05, 3.63) is 53.6 Å². The maximum atomic E-state index is 13.5. The van der Waals surface area contributed by atoms with Gasteiger partial charge < -0.3 is 20.1 Å². The van der Waals surface area contributed by atoms with Crippen molar-refractivity contribution < 1.29 is 31.4 Å². The number of aliphatic hydroxyl groups excluding tert-OH is 1. The number of aliphatic hydroxyl groups is 1. The van der Waals surface area contributed by atoms with Gasteiger partial charge >= 0.3 is 6.18 Å². The number of hydrogen-bond donors (Lipinski definition) is 3. The second-order valence-electron chi connectivity index (χ2n) is 10.3. The second kappa shape index (κ2) is 12.5. The van der Waals surface area contributed by atoms with Gasteiger partial charge in [-0.1, -0.05) is 31.2 Å². The van der Waals surface area contributed by atoms with Gasteiger partial charge in [-0.2, -0.15) is 13.2 Å². The first-order valence-corrected chi connectivity index (χ1v) is 15.0. The Morgan fingerprint density at radius 2 is 2.03 bits per heavy atom. The van der Waals surface area contributed by atoms with E-state index in [0.717, 1.165) is 19.0 Å². The minimum Gasteiger partial charge on any atom is -0.395 e. The number of fused-ring (bicyclic) bond motifs is 3. The number of allylic oxidation sites excluding steroid dienone is 3. The number of nitrogens with one attached hydrogen (secondary N) is 2. The monoisotopic (exact) mass is 557 g/mol. The number of hydrogen-bond acceptors (Lipinski definition) is 6. The van der Waals surface area contributed by atoms with Crippen LogP contribution < -0.4 is 10.0 Å². The lowest BCUT2D eigenvalue weighted by molar-refractivity contribution is -0.138. The average Bonchev–Trinajstić information content (AvgIpc) is 2.90. The molecule has 0 radical (unpaired) electrons. The van der Waals surface area contributed by atoms with E-state index in [4.69, 9.17) is 9.84 Å². The van der Waals surface area contributed by atoms with Gasteiger partial charge in [-0.05, 0) is 57.0 Å².